The molecule has 6 nitrogen and oxygen atoms in total. The SMILES string of the molecule is Cc1cccc(S(=O)(=O)Cc2cccc(/C=C/C(=O)Nc3ccncn3)c2)c1. The highest BCUT2D eigenvalue weighted by molar-refractivity contribution is 7.90. The van der Waals surface area contributed by atoms with E-state index in [1.807, 2.05) is 13.0 Å². The molecule has 0 aliphatic rings. The summed E-state index contributed by atoms with van der Waals surface area (Å²) in [6.45, 7) is 1.86. The smallest absolute Gasteiger partial charge is 0.249 e. The van der Waals surface area contributed by atoms with Crippen LogP contribution in [-0.4, -0.2) is 24.3 Å². The van der Waals surface area contributed by atoms with Crippen molar-refractivity contribution in [2.24, 2.45) is 0 Å². The van der Waals surface area contributed by atoms with Crippen molar-refractivity contribution in [1.82, 2.24) is 9.97 Å². The number of aryl methyl sites for hydroxylation is 1. The van der Waals surface area contributed by atoms with E-state index in [9.17, 15) is 13.2 Å². The molecule has 3 rings (SSSR count). The van der Waals surface area contributed by atoms with E-state index >= 15 is 0 Å². The van der Waals surface area contributed by atoms with Crippen LogP contribution in [0.3, 0.4) is 0 Å². The summed E-state index contributed by atoms with van der Waals surface area (Å²) >= 11 is 0. The van der Waals surface area contributed by atoms with Crippen LogP contribution in [0.2, 0.25) is 0 Å². The molecule has 2 aromatic carbocycles. The number of sulfone groups is 1. The van der Waals surface area contributed by atoms with Crippen LogP contribution < -0.4 is 5.32 Å². The quantitative estimate of drug-likeness (QED) is 0.648. The monoisotopic (exact) mass is 393 g/mol. The number of hydrogen-bond donors (Lipinski definition) is 1. The average Bonchev–Trinajstić information content (AvgIpc) is 2.67. The largest absolute Gasteiger partial charge is 0.307 e. The van der Waals surface area contributed by atoms with Crippen LogP contribution in [0, 0.1) is 6.92 Å². The van der Waals surface area contributed by atoms with Crippen LogP contribution in [0.5, 0.6) is 0 Å². The van der Waals surface area contributed by atoms with Gasteiger partial charge < -0.3 is 5.32 Å². The first-order valence-electron chi connectivity index (χ1n) is 8.56. The highest BCUT2D eigenvalue weighted by atomic mass is 32.2. The van der Waals surface area contributed by atoms with Crippen LogP contribution in [0.15, 0.2) is 78.1 Å². The van der Waals surface area contributed by atoms with E-state index in [2.05, 4.69) is 15.3 Å². The molecule has 0 bridgehead atoms. The number of carbonyl (C=O) groups is 1. The Kier molecular flexibility index (Phi) is 5.96. The molecule has 0 fully saturated rings. The van der Waals surface area contributed by atoms with E-state index in [-0.39, 0.29) is 11.7 Å². The van der Waals surface area contributed by atoms with Gasteiger partial charge in [0.2, 0.25) is 5.91 Å². The van der Waals surface area contributed by atoms with Gasteiger partial charge in [0, 0.05) is 12.3 Å². The van der Waals surface area contributed by atoms with Crippen molar-refractivity contribution in [1.29, 1.82) is 0 Å². The van der Waals surface area contributed by atoms with Gasteiger partial charge in [-0.25, -0.2) is 18.4 Å². The van der Waals surface area contributed by atoms with Crippen molar-refractivity contribution in [3.8, 4) is 0 Å². The summed E-state index contributed by atoms with van der Waals surface area (Å²) in [4.78, 5) is 20.0. The van der Waals surface area contributed by atoms with Crippen LogP contribution in [-0.2, 0) is 20.4 Å². The van der Waals surface area contributed by atoms with E-state index in [0.717, 1.165) is 11.1 Å². The lowest BCUT2D eigenvalue weighted by atomic mass is 10.1. The van der Waals surface area contributed by atoms with Gasteiger partial charge in [-0.15, -0.1) is 0 Å². The fraction of sp³-hybridized carbons (Fsp3) is 0.0952. The Labute approximate surface area is 163 Å². The Balaban J connectivity index is 1.71. The maximum atomic E-state index is 12.6. The summed E-state index contributed by atoms with van der Waals surface area (Å²) in [5.41, 5.74) is 2.28. The molecule has 1 heterocycles. The van der Waals surface area contributed by atoms with E-state index in [0.29, 0.717) is 16.3 Å². The zero-order valence-corrected chi connectivity index (χ0v) is 16.1. The van der Waals surface area contributed by atoms with Crippen LogP contribution in [0.1, 0.15) is 16.7 Å². The van der Waals surface area contributed by atoms with Gasteiger partial charge in [-0.2, -0.15) is 0 Å². The minimum atomic E-state index is -3.44. The second kappa shape index (κ2) is 8.58. The van der Waals surface area contributed by atoms with Crippen molar-refractivity contribution in [3.63, 3.8) is 0 Å². The third kappa shape index (κ3) is 5.34. The van der Waals surface area contributed by atoms with Gasteiger partial charge in [0.05, 0.1) is 10.6 Å². The van der Waals surface area contributed by atoms with E-state index in [1.165, 1.54) is 18.6 Å². The van der Waals surface area contributed by atoms with Crippen molar-refractivity contribution in [3.05, 3.63) is 89.9 Å². The van der Waals surface area contributed by atoms with E-state index in [1.54, 1.807) is 54.6 Å². The van der Waals surface area contributed by atoms with Gasteiger partial charge in [0.25, 0.3) is 0 Å². The fourth-order valence-electron chi connectivity index (χ4n) is 2.60. The van der Waals surface area contributed by atoms with E-state index < -0.39 is 9.84 Å². The molecule has 3 aromatic rings. The molecule has 0 saturated carbocycles. The first kappa shape index (κ1) is 19.4. The summed E-state index contributed by atoms with van der Waals surface area (Å²) in [6.07, 6.45) is 5.87. The van der Waals surface area contributed by atoms with Gasteiger partial charge >= 0.3 is 0 Å². The second-order valence-corrected chi connectivity index (χ2v) is 8.23. The molecule has 1 aromatic heterocycles. The Morgan fingerprint density at radius 3 is 2.68 bits per heavy atom. The lowest BCUT2D eigenvalue weighted by molar-refractivity contribution is -0.111. The molecule has 0 radical (unpaired) electrons. The molecule has 0 unspecified atom stereocenters. The molecule has 0 spiro atoms. The summed E-state index contributed by atoms with van der Waals surface area (Å²) < 4.78 is 25.3. The van der Waals surface area contributed by atoms with Crippen molar-refractivity contribution >= 4 is 27.6 Å². The Morgan fingerprint density at radius 2 is 1.93 bits per heavy atom. The zero-order chi connectivity index (χ0) is 20.0. The van der Waals surface area contributed by atoms with Crippen LogP contribution >= 0.6 is 0 Å². The maximum Gasteiger partial charge on any atom is 0.249 e. The number of carbonyl (C=O) groups excluding carboxylic acids is 1. The molecule has 7 heteroatoms. The molecule has 1 amide bonds. The molecular weight excluding hydrogens is 374 g/mol. The molecule has 142 valence electrons. The van der Waals surface area contributed by atoms with Gasteiger partial charge in [-0.3, -0.25) is 4.79 Å². The topological polar surface area (TPSA) is 89.0 Å². The lowest BCUT2D eigenvalue weighted by Gasteiger charge is -2.06. The Bertz CT molecular complexity index is 1110. The normalized spacial score (nSPS) is 11.5. The Hall–Kier alpha value is -3.32. The molecule has 0 atom stereocenters. The van der Waals surface area contributed by atoms with Gasteiger partial charge in [0.1, 0.15) is 12.1 Å². The number of amides is 1. The minimum absolute atomic E-state index is 0.106. The zero-order valence-electron chi connectivity index (χ0n) is 15.2. The van der Waals surface area contributed by atoms with Crippen LogP contribution in [0.4, 0.5) is 5.82 Å². The number of nitrogens with zero attached hydrogens (tertiary/aromatic N) is 2. The number of rotatable bonds is 6. The second-order valence-electron chi connectivity index (χ2n) is 6.24. The predicted octanol–water partition coefficient (Wildman–Crippen LogP) is 3.41. The van der Waals surface area contributed by atoms with Gasteiger partial charge in [-0.05, 0) is 47.9 Å². The molecular formula is C21H19N3O3S. The summed E-state index contributed by atoms with van der Waals surface area (Å²) in [5, 5.41) is 2.62. The minimum Gasteiger partial charge on any atom is -0.307 e. The Morgan fingerprint density at radius 1 is 1.11 bits per heavy atom. The van der Waals surface area contributed by atoms with Crippen molar-refractivity contribution in [2.75, 3.05) is 5.32 Å². The van der Waals surface area contributed by atoms with Gasteiger partial charge in [0.15, 0.2) is 9.84 Å². The number of anilines is 1. The lowest BCUT2D eigenvalue weighted by Crippen LogP contribution is -2.09. The summed E-state index contributed by atoms with van der Waals surface area (Å²) in [7, 11) is -3.44. The first-order chi connectivity index (χ1) is 13.4. The fourth-order valence-corrected chi connectivity index (χ4v) is 4.04. The molecule has 0 aliphatic heterocycles. The first-order valence-corrected chi connectivity index (χ1v) is 10.2. The molecule has 0 aliphatic carbocycles. The summed E-state index contributed by atoms with van der Waals surface area (Å²) in [6, 6.07) is 15.5. The standard InChI is InChI=1S/C21H19N3O3S/c1-16-4-2-7-19(12-16)28(26,27)14-18-6-3-5-17(13-18)8-9-21(25)24-20-10-11-22-15-23-20/h2-13,15H,14H2,1H3,(H,22,23,24,25)/b9-8+. The maximum absolute atomic E-state index is 12.6. The van der Waals surface area contributed by atoms with Crippen LogP contribution in [0.25, 0.3) is 6.08 Å². The number of benzene rings is 2. The third-order valence-corrected chi connectivity index (χ3v) is 5.60. The molecule has 0 saturated heterocycles. The van der Waals surface area contributed by atoms with Gasteiger partial charge in [-0.1, -0.05) is 36.4 Å². The summed E-state index contributed by atoms with van der Waals surface area (Å²) in [5.74, 6) is -0.0372. The highest BCUT2D eigenvalue weighted by Crippen LogP contribution is 2.18. The number of aromatic nitrogens is 2. The van der Waals surface area contributed by atoms with E-state index in [4.69, 9.17) is 0 Å². The number of hydrogen-bond acceptors (Lipinski definition) is 5. The third-order valence-electron chi connectivity index (χ3n) is 3.92. The number of nitrogens with one attached hydrogen (secondary N) is 1. The predicted molar refractivity (Wildman–Crippen MR) is 108 cm³/mol. The average molecular weight is 393 g/mol. The van der Waals surface area contributed by atoms with Crippen molar-refractivity contribution in [2.45, 2.75) is 17.6 Å². The highest BCUT2D eigenvalue weighted by Gasteiger charge is 2.15. The molecule has 1 N–H and O–H groups in total. The van der Waals surface area contributed by atoms with Crippen molar-refractivity contribution < 1.29 is 13.2 Å². The molecule has 28 heavy (non-hydrogen) atoms.